The molecule has 1 aliphatic carbocycles. The molecule has 136 valence electrons. The van der Waals surface area contributed by atoms with Gasteiger partial charge in [-0.3, -0.25) is 9.59 Å². The standard InChI is InChI=1S/C20H24N4O2/c1-14(25)15-8-10-17(11-9-15)21-19-13-12-18(23-24-19)20(26)22-16-6-4-2-3-5-7-16/h8-13,16H,2-7H2,1H3,(H,21,24)(H,22,26). The van der Waals surface area contributed by atoms with E-state index in [1.807, 2.05) is 12.1 Å². The lowest BCUT2D eigenvalue weighted by atomic mass is 10.1. The van der Waals surface area contributed by atoms with Crippen molar-refractivity contribution < 1.29 is 9.59 Å². The summed E-state index contributed by atoms with van der Waals surface area (Å²) in [6, 6.07) is 10.8. The maximum absolute atomic E-state index is 12.3. The maximum Gasteiger partial charge on any atom is 0.272 e. The third-order valence-corrected chi connectivity index (χ3v) is 4.65. The lowest BCUT2D eigenvalue weighted by molar-refractivity contribution is 0.0926. The minimum absolute atomic E-state index is 0.0281. The number of nitrogens with zero attached hydrogens (tertiary/aromatic N) is 2. The van der Waals surface area contributed by atoms with Gasteiger partial charge in [0.05, 0.1) is 0 Å². The normalized spacial score (nSPS) is 15.1. The molecule has 1 heterocycles. The number of anilines is 2. The molecule has 6 nitrogen and oxygen atoms in total. The predicted molar refractivity (Wildman–Crippen MR) is 101 cm³/mol. The summed E-state index contributed by atoms with van der Waals surface area (Å²) < 4.78 is 0. The van der Waals surface area contributed by atoms with Gasteiger partial charge >= 0.3 is 0 Å². The molecule has 3 rings (SSSR count). The third-order valence-electron chi connectivity index (χ3n) is 4.65. The molecule has 2 aromatic rings. The number of nitrogens with one attached hydrogen (secondary N) is 2. The molecule has 0 spiro atoms. The number of ketones is 1. The molecular formula is C20H24N4O2. The molecule has 0 atom stereocenters. The van der Waals surface area contributed by atoms with Crippen LogP contribution in [-0.4, -0.2) is 27.9 Å². The molecule has 1 aliphatic rings. The molecule has 0 unspecified atom stereocenters. The molecule has 1 saturated carbocycles. The topological polar surface area (TPSA) is 84.0 Å². The van der Waals surface area contributed by atoms with Crippen molar-refractivity contribution >= 4 is 23.2 Å². The van der Waals surface area contributed by atoms with E-state index in [9.17, 15) is 9.59 Å². The molecule has 1 aromatic heterocycles. The lowest BCUT2D eigenvalue weighted by Gasteiger charge is -2.15. The van der Waals surface area contributed by atoms with Crippen LogP contribution in [0.3, 0.4) is 0 Å². The van der Waals surface area contributed by atoms with Gasteiger partial charge in [0.1, 0.15) is 0 Å². The van der Waals surface area contributed by atoms with Gasteiger partial charge in [-0.15, -0.1) is 10.2 Å². The van der Waals surface area contributed by atoms with Crippen LogP contribution in [-0.2, 0) is 0 Å². The van der Waals surface area contributed by atoms with Gasteiger partial charge in [-0.25, -0.2) is 0 Å². The van der Waals surface area contributed by atoms with E-state index < -0.39 is 0 Å². The highest BCUT2D eigenvalue weighted by Gasteiger charge is 2.16. The molecule has 0 saturated heterocycles. The van der Waals surface area contributed by atoms with Gasteiger partial charge in [-0.1, -0.05) is 25.7 Å². The van der Waals surface area contributed by atoms with Crippen molar-refractivity contribution in [1.82, 2.24) is 15.5 Å². The first-order valence-corrected chi connectivity index (χ1v) is 9.14. The quantitative estimate of drug-likeness (QED) is 0.630. The van der Waals surface area contributed by atoms with Crippen LogP contribution in [0.15, 0.2) is 36.4 Å². The first-order chi connectivity index (χ1) is 12.6. The Balaban J connectivity index is 1.58. The van der Waals surface area contributed by atoms with Crippen molar-refractivity contribution in [2.24, 2.45) is 0 Å². The number of carbonyl (C=O) groups excluding carboxylic acids is 2. The fourth-order valence-corrected chi connectivity index (χ4v) is 3.14. The summed E-state index contributed by atoms with van der Waals surface area (Å²) in [4.78, 5) is 23.6. The van der Waals surface area contributed by atoms with Crippen LogP contribution in [0.2, 0.25) is 0 Å². The van der Waals surface area contributed by atoms with Gasteiger partial charge in [-0.05, 0) is 56.2 Å². The van der Waals surface area contributed by atoms with E-state index in [-0.39, 0.29) is 17.7 Å². The van der Waals surface area contributed by atoms with Crippen molar-refractivity contribution in [2.75, 3.05) is 5.32 Å². The Morgan fingerprint density at radius 1 is 0.923 bits per heavy atom. The van der Waals surface area contributed by atoms with Gasteiger partial charge in [0.25, 0.3) is 5.91 Å². The first kappa shape index (κ1) is 18.0. The van der Waals surface area contributed by atoms with Gasteiger partial charge < -0.3 is 10.6 Å². The Hall–Kier alpha value is -2.76. The van der Waals surface area contributed by atoms with Crippen LogP contribution >= 0.6 is 0 Å². The fraction of sp³-hybridized carbons (Fsp3) is 0.400. The van der Waals surface area contributed by atoms with Crippen molar-refractivity contribution in [3.63, 3.8) is 0 Å². The van der Waals surface area contributed by atoms with Crippen LogP contribution in [0.1, 0.15) is 66.3 Å². The van der Waals surface area contributed by atoms with E-state index in [2.05, 4.69) is 20.8 Å². The average Bonchev–Trinajstić information content (AvgIpc) is 2.91. The SMILES string of the molecule is CC(=O)c1ccc(Nc2ccc(C(=O)NC3CCCCCC3)nn2)cc1. The minimum Gasteiger partial charge on any atom is -0.348 e. The van der Waals surface area contributed by atoms with Gasteiger partial charge in [-0.2, -0.15) is 0 Å². The molecule has 0 radical (unpaired) electrons. The predicted octanol–water partition coefficient (Wildman–Crippen LogP) is 3.88. The summed E-state index contributed by atoms with van der Waals surface area (Å²) in [7, 11) is 0. The van der Waals surface area contributed by atoms with E-state index >= 15 is 0 Å². The molecule has 2 N–H and O–H groups in total. The second-order valence-corrected chi connectivity index (χ2v) is 6.72. The van der Waals surface area contributed by atoms with Crippen molar-refractivity contribution in [2.45, 2.75) is 51.5 Å². The lowest BCUT2D eigenvalue weighted by Crippen LogP contribution is -2.35. The van der Waals surface area contributed by atoms with Crippen LogP contribution in [0.25, 0.3) is 0 Å². The minimum atomic E-state index is -0.165. The summed E-state index contributed by atoms with van der Waals surface area (Å²) in [6.07, 6.45) is 6.91. The Kier molecular flexibility index (Phi) is 5.94. The van der Waals surface area contributed by atoms with Gasteiger partial charge in [0, 0.05) is 17.3 Å². The summed E-state index contributed by atoms with van der Waals surface area (Å²) in [5.74, 6) is 0.411. The Bertz CT molecular complexity index is 748. The number of hydrogen-bond donors (Lipinski definition) is 2. The maximum atomic E-state index is 12.3. The Morgan fingerprint density at radius 2 is 1.62 bits per heavy atom. The van der Waals surface area contributed by atoms with E-state index in [0.717, 1.165) is 18.5 Å². The van der Waals surface area contributed by atoms with Crippen molar-refractivity contribution in [1.29, 1.82) is 0 Å². The van der Waals surface area contributed by atoms with Crippen LogP contribution < -0.4 is 10.6 Å². The monoisotopic (exact) mass is 352 g/mol. The highest BCUT2D eigenvalue weighted by Crippen LogP contribution is 2.18. The number of benzene rings is 1. The molecule has 26 heavy (non-hydrogen) atoms. The highest BCUT2D eigenvalue weighted by molar-refractivity contribution is 5.94. The molecule has 0 aliphatic heterocycles. The number of amides is 1. The molecule has 6 heteroatoms. The zero-order valence-corrected chi connectivity index (χ0v) is 15.0. The van der Waals surface area contributed by atoms with Crippen LogP contribution in [0, 0.1) is 0 Å². The number of aromatic nitrogens is 2. The second-order valence-electron chi connectivity index (χ2n) is 6.72. The van der Waals surface area contributed by atoms with Crippen LogP contribution in [0.5, 0.6) is 0 Å². The second kappa shape index (κ2) is 8.56. The summed E-state index contributed by atoms with van der Waals surface area (Å²) in [6.45, 7) is 1.53. The molecule has 0 bridgehead atoms. The Morgan fingerprint density at radius 3 is 2.19 bits per heavy atom. The van der Waals surface area contributed by atoms with E-state index in [1.54, 1.807) is 24.3 Å². The van der Waals surface area contributed by atoms with E-state index in [1.165, 1.54) is 32.6 Å². The number of Topliss-reactive ketones (excluding diaryl/α,β-unsaturated/α-hetero) is 1. The van der Waals surface area contributed by atoms with Crippen LogP contribution in [0.4, 0.5) is 11.5 Å². The molecule has 1 aromatic carbocycles. The average molecular weight is 352 g/mol. The molecule has 1 amide bonds. The Labute approximate surface area is 153 Å². The number of rotatable bonds is 5. The molecule has 1 fully saturated rings. The van der Waals surface area contributed by atoms with E-state index in [4.69, 9.17) is 0 Å². The summed E-state index contributed by atoms with van der Waals surface area (Å²) in [5, 5.41) is 14.3. The zero-order valence-electron chi connectivity index (χ0n) is 15.0. The van der Waals surface area contributed by atoms with E-state index in [0.29, 0.717) is 17.1 Å². The smallest absolute Gasteiger partial charge is 0.272 e. The van der Waals surface area contributed by atoms with Gasteiger partial charge in [0.2, 0.25) is 0 Å². The number of hydrogen-bond acceptors (Lipinski definition) is 5. The number of carbonyl (C=O) groups is 2. The molecular weight excluding hydrogens is 328 g/mol. The largest absolute Gasteiger partial charge is 0.348 e. The van der Waals surface area contributed by atoms with Crippen molar-refractivity contribution in [3.05, 3.63) is 47.7 Å². The third kappa shape index (κ3) is 4.88. The highest BCUT2D eigenvalue weighted by atomic mass is 16.2. The zero-order chi connectivity index (χ0) is 18.4. The van der Waals surface area contributed by atoms with Crippen molar-refractivity contribution in [3.8, 4) is 0 Å². The van der Waals surface area contributed by atoms with Gasteiger partial charge in [0.15, 0.2) is 17.3 Å². The summed E-state index contributed by atoms with van der Waals surface area (Å²) in [5.41, 5.74) is 1.79. The summed E-state index contributed by atoms with van der Waals surface area (Å²) >= 11 is 0. The fourth-order valence-electron chi connectivity index (χ4n) is 3.14. The first-order valence-electron chi connectivity index (χ1n) is 9.14.